The first kappa shape index (κ1) is 7.41. The molecule has 0 radical (unpaired) electrons. The van der Waals surface area contributed by atoms with Crippen LogP contribution in [0.2, 0.25) is 0 Å². The summed E-state index contributed by atoms with van der Waals surface area (Å²) in [5.41, 5.74) is 0. The number of amides is 3. The molecule has 0 rings (SSSR count). The van der Waals surface area contributed by atoms with Crippen molar-refractivity contribution in [2.75, 3.05) is 0 Å². The maximum Gasteiger partial charge on any atom is 0.423 e. The minimum Gasteiger partial charge on any atom is -0.464 e. The van der Waals surface area contributed by atoms with Crippen molar-refractivity contribution >= 4 is 18.6 Å². The van der Waals surface area contributed by atoms with Crippen LogP contribution in [0.3, 0.4) is 0 Å². The molecule has 9 heavy (non-hydrogen) atoms. The van der Waals surface area contributed by atoms with Crippen LogP contribution in [0, 0.1) is 0 Å². The molecule has 0 bridgehead atoms. The zero-order chi connectivity index (χ0) is 7.44. The van der Waals surface area contributed by atoms with E-state index in [9.17, 15) is 14.4 Å². The predicted molar refractivity (Wildman–Crippen MR) is 24.0 cm³/mol. The molecule has 0 heterocycles. The lowest BCUT2D eigenvalue weighted by molar-refractivity contribution is -0.114. The van der Waals surface area contributed by atoms with Crippen LogP contribution >= 0.6 is 0 Å². The highest BCUT2D eigenvalue weighted by Gasteiger charge is 2.17. The van der Waals surface area contributed by atoms with E-state index in [4.69, 9.17) is 10.2 Å². The van der Waals surface area contributed by atoms with E-state index >= 15 is 0 Å². The SMILES string of the molecule is O=CN(C(=O)O)C(=O)O. The van der Waals surface area contributed by atoms with Crippen LogP contribution < -0.4 is 0 Å². The van der Waals surface area contributed by atoms with Gasteiger partial charge in [-0.05, 0) is 0 Å². The molecule has 6 nitrogen and oxygen atoms in total. The van der Waals surface area contributed by atoms with E-state index in [0.717, 1.165) is 0 Å². The third kappa shape index (κ3) is 1.76. The van der Waals surface area contributed by atoms with Crippen LogP contribution in [0.4, 0.5) is 9.59 Å². The molecule has 6 heteroatoms. The highest BCUT2D eigenvalue weighted by Crippen LogP contribution is 1.83. The van der Waals surface area contributed by atoms with Crippen molar-refractivity contribution in [1.82, 2.24) is 4.90 Å². The standard InChI is InChI=1S/C3H3NO5/c5-1-4(2(6)7)3(8)9/h1H,(H,6,7)(H,8,9). The number of carbonyl (C=O) groups is 3. The molecule has 0 fully saturated rings. The second-order valence-electron chi connectivity index (χ2n) is 1.04. The van der Waals surface area contributed by atoms with E-state index in [-0.39, 0.29) is 11.3 Å². The van der Waals surface area contributed by atoms with E-state index in [1.165, 1.54) is 0 Å². The summed E-state index contributed by atoms with van der Waals surface area (Å²) in [6.45, 7) is 0. The molecule has 0 saturated heterocycles. The number of nitrogens with zero attached hydrogens (tertiary/aromatic N) is 1. The summed E-state index contributed by atoms with van der Waals surface area (Å²) in [5.74, 6) is 0. The van der Waals surface area contributed by atoms with Gasteiger partial charge in [0.2, 0.25) is 6.41 Å². The molecule has 0 aromatic rings. The Bertz CT molecular complexity index is 138. The second kappa shape index (κ2) is 2.65. The molecule has 0 aromatic carbocycles. The first-order valence-corrected chi connectivity index (χ1v) is 1.80. The Morgan fingerprint density at radius 1 is 1.22 bits per heavy atom. The summed E-state index contributed by atoms with van der Waals surface area (Å²) in [5, 5.41) is 15.7. The second-order valence-corrected chi connectivity index (χ2v) is 1.04. The van der Waals surface area contributed by atoms with Gasteiger partial charge in [0.25, 0.3) is 0 Å². The smallest absolute Gasteiger partial charge is 0.423 e. The summed E-state index contributed by atoms with van der Waals surface area (Å²) in [6.07, 6.45) is -3.92. The molecule has 0 aromatic heterocycles. The van der Waals surface area contributed by atoms with Gasteiger partial charge in [-0.3, -0.25) is 4.79 Å². The van der Waals surface area contributed by atoms with Gasteiger partial charge in [-0.25, -0.2) is 9.59 Å². The van der Waals surface area contributed by atoms with Gasteiger partial charge in [-0.15, -0.1) is 0 Å². The van der Waals surface area contributed by atoms with E-state index in [0.29, 0.717) is 0 Å². The van der Waals surface area contributed by atoms with Gasteiger partial charge in [0.05, 0.1) is 0 Å². The topological polar surface area (TPSA) is 94.9 Å². The number of hydrogen-bond acceptors (Lipinski definition) is 3. The Balaban J connectivity index is 4.16. The lowest BCUT2D eigenvalue weighted by Crippen LogP contribution is -2.32. The first-order chi connectivity index (χ1) is 4.09. The molecule has 2 N–H and O–H groups in total. The molecule has 0 spiro atoms. The minimum atomic E-state index is -1.81. The van der Waals surface area contributed by atoms with Gasteiger partial charge in [0.15, 0.2) is 0 Å². The molecule has 0 atom stereocenters. The van der Waals surface area contributed by atoms with Crippen LogP contribution in [0.5, 0.6) is 0 Å². The maximum absolute atomic E-state index is 9.69. The average Bonchev–Trinajstić information content (AvgIpc) is 1.64. The van der Waals surface area contributed by atoms with Crippen molar-refractivity contribution in [2.45, 2.75) is 0 Å². The van der Waals surface area contributed by atoms with Crippen molar-refractivity contribution in [3.8, 4) is 0 Å². The van der Waals surface area contributed by atoms with Crippen LogP contribution in [-0.2, 0) is 4.79 Å². The van der Waals surface area contributed by atoms with Crippen molar-refractivity contribution < 1.29 is 24.6 Å². The maximum atomic E-state index is 9.69. The van der Waals surface area contributed by atoms with Crippen molar-refractivity contribution in [3.63, 3.8) is 0 Å². The largest absolute Gasteiger partial charge is 0.464 e. The number of rotatable bonds is 1. The zero-order valence-corrected chi connectivity index (χ0v) is 4.14. The first-order valence-electron chi connectivity index (χ1n) is 1.80. The highest BCUT2D eigenvalue weighted by molar-refractivity contribution is 5.97. The Morgan fingerprint density at radius 2 is 1.56 bits per heavy atom. The van der Waals surface area contributed by atoms with Crippen molar-refractivity contribution in [1.29, 1.82) is 0 Å². The molecule has 0 saturated carbocycles. The van der Waals surface area contributed by atoms with E-state index in [1.54, 1.807) is 0 Å². The number of hydrogen-bond donors (Lipinski definition) is 2. The van der Waals surface area contributed by atoms with E-state index < -0.39 is 12.2 Å². The average molecular weight is 133 g/mol. The molecule has 0 unspecified atom stereocenters. The highest BCUT2D eigenvalue weighted by atomic mass is 16.4. The fourth-order valence-electron chi connectivity index (χ4n) is 0.172. The van der Waals surface area contributed by atoms with E-state index in [1.807, 2.05) is 0 Å². The van der Waals surface area contributed by atoms with Gasteiger partial charge >= 0.3 is 12.2 Å². The third-order valence-electron chi connectivity index (χ3n) is 0.518. The van der Waals surface area contributed by atoms with Crippen LogP contribution in [0.25, 0.3) is 0 Å². The molecule has 3 amide bonds. The normalized spacial score (nSPS) is 8.00. The lowest BCUT2D eigenvalue weighted by atomic mass is 10.8. The Labute approximate surface area is 49.3 Å². The van der Waals surface area contributed by atoms with E-state index in [2.05, 4.69) is 0 Å². The summed E-state index contributed by atoms with van der Waals surface area (Å²) in [4.78, 5) is 28.5. The number of carbonyl (C=O) groups excluding carboxylic acids is 1. The zero-order valence-electron chi connectivity index (χ0n) is 4.14. The lowest BCUT2D eigenvalue weighted by Gasteiger charge is -2.00. The number of carboxylic acid groups (broad SMARTS) is 2. The Morgan fingerprint density at radius 3 is 1.56 bits per heavy atom. The Hall–Kier alpha value is -1.59. The number of imide groups is 3. The van der Waals surface area contributed by atoms with Gasteiger partial charge in [0, 0.05) is 0 Å². The quantitative estimate of drug-likeness (QED) is 0.483. The summed E-state index contributed by atoms with van der Waals surface area (Å²) < 4.78 is 0. The van der Waals surface area contributed by atoms with Crippen molar-refractivity contribution in [3.05, 3.63) is 0 Å². The minimum absolute atomic E-state index is 0.301. The van der Waals surface area contributed by atoms with Crippen molar-refractivity contribution in [2.24, 2.45) is 0 Å². The summed E-state index contributed by atoms with van der Waals surface area (Å²) >= 11 is 0. The van der Waals surface area contributed by atoms with Crippen LogP contribution in [0.15, 0.2) is 0 Å². The van der Waals surface area contributed by atoms with Gasteiger partial charge in [-0.2, -0.15) is 4.90 Å². The third-order valence-corrected chi connectivity index (χ3v) is 0.518. The molecule has 50 valence electrons. The fourth-order valence-corrected chi connectivity index (χ4v) is 0.172. The Kier molecular flexibility index (Phi) is 2.18. The summed E-state index contributed by atoms with van der Waals surface area (Å²) in [7, 11) is 0. The van der Waals surface area contributed by atoms with Crippen LogP contribution in [-0.4, -0.2) is 33.7 Å². The van der Waals surface area contributed by atoms with Gasteiger partial charge in [0.1, 0.15) is 0 Å². The van der Waals surface area contributed by atoms with Gasteiger partial charge in [-0.1, -0.05) is 0 Å². The monoisotopic (exact) mass is 133 g/mol. The fraction of sp³-hybridized carbons (Fsp3) is 0. The molecular weight excluding hydrogens is 130 g/mol. The summed E-state index contributed by atoms with van der Waals surface area (Å²) in [6, 6.07) is 0. The predicted octanol–water partition coefficient (Wildman–Crippen LogP) is -0.199. The molecular formula is C3H3NO5. The molecule has 0 aliphatic rings. The van der Waals surface area contributed by atoms with Crippen LogP contribution in [0.1, 0.15) is 0 Å². The molecule has 0 aliphatic heterocycles. The molecule has 0 aliphatic carbocycles. The van der Waals surface area contributed by atoms with Gasteiger partial charge < -0.3 is 10.2 Å².